The van der Waals surface area contributed by atoms with Crippen molar-refractivity contribution in [1.82, 2.24) is 35.0 Å². The number of hydrogen-bond acceptors (Lipinski definition) is 7. The van der Waals surface area contributed by atoms with Crippen molar-refractivity contribution in [2.24, 2.45) is 0 Å². The molecule has 9 heteroatoms. The smallest absolute Gasteiger partial charge is 0.159 e. The standard InChI is InChI=1S/C28H25N7O2/c1-2-9-35(8-1)10-12-37-21-13-20(15-29-16-21)18-3-4-23-22(14-18)26(34-33-23)28-31-24-5-7-30-25(27(24)32-28)19-6-11-36-17-19/h3-7,11,13-17H,1-2,8-10,12H2,(H,31,32)(H,33,34). The fourth-order valence-corrected chi connectivity index (χ4v) is 4.99. The highest BCUT2D eigenvalue weighted by molar-refractivity contribution is 5.97. The van der Waals surface area contributed by atoms with E-state index in [4.69, 9.17) is 14.1 Å². The molecule has 1 saturated heterocycles. The molecule has 1 aliphatic heterocycles. The minimum absolute atomic E-state index is 0.664. The highest BCUT2D eigenvalue weighted by atomic mass is 16.5. The van der Waals surface area contributed by atoms with Gasteiger partial charge in [0.05, 0.1) is 29.8 Å². The molecule has 0 saturated carbocycles. The summed E-state index contributed by atoms with van der Waals surface area (Å²) < 4.78 is 11.3. The van der Waals surface area contributed by atoms with Crippen LogP contribution in [0.15, 0.2) is 71.9 Å². The predicted molar refractivity (Wildman–Crippen MR) is 141 cm³/mol. The third kappa shape index (κ3) is 4.13. The van der Waals surface area contributed by atoms with Gasteiger partial charge in [0, 0.05) is 35.5 Å². The first-order valence-electron chi connectivity index (χ1n) is 12.5. The number of nitrogens with zero attached hydrogens (tertiary/aromatic N) is 5. The van der Waals surface area contributed by atoms with Gasteiger partial charge in [-0.05, 0) is 61.8 Å². The number of imidazole rings is 1. The molecule has 6 heterocycles. The first kappa shape index (κ1) is 21.8. The summed E-state index contributed by atoms with van der Waals surface area (Å²) in [5.41, 5.74) is 7.00. The van der Waals surface area contributed by atoms with Gasteiger partial charge in [-0.15, -0.1) is 0 Å². The van der Waals surface area contributed by atoms with Gasteiger partial charge in [-0.1, -0.05) is 6.07 Å². The van der Waals surface area contributed by atoms with Gasteiger partial charge in [-0.25, -0.2) is 4.98 Å². The minimum atomic E-state index is 0.664. The van der Waals surface area contributed by atoms with Crippen LogP contribution < -0.4 is 4.74 Å². The molecule has 0 amide bonds. The van der Waals surface area contributed by atoms with Crippen molar-refractivity contribution < 1.29 is 9.15 Å². The SMILES string of the molecule is c1cc2[nH]c(-c3n[nH]c4ccc(-c5cncc(OCCN6CCCC6)c5)cc34)nc2c(-c2ccoc2)n1. The summed E-state index contributed by atoms with van der Waals surface area (Å²) >= 11 is 0. The van der Waals surface area contributed by atoms with E-state index in [1.165, 1.54) is 25.9 Å². The third-order valence-electron chi connectivity index (χ3n) is 6.90. The Morgan fingerprint density at radius 2 is 1.89 bits per heavy atom. The maximum Gasteiger partial charge on any atom is 0.159 e. The summed E-state index contributed by atoms with van der Waals surface area (Å²) in [4.78, 5) is 19.7. The molecule has 0 aliphatic carbocycles. The average molecular weight is 492 g/mol. The number of fused-ring (bicyclic) bond motifs is 2. The van der Waals surface area contributed by atoms with Crippen LogP contribution in [0.4, 0.5) is 0 Å². The fourth-order valence-electron chi connectivity index (χ4n) is 4.99. The molecular weight excluding hydrogens is 466 g/mol. The summed E-state index contributed by atoms with van der Waals surface area (Å²) in [6.45, 7) is 3.95. The number of H-pyrrole nitrogens is 2. The predicted octanol–water partition coefficient (Wildman–Crippen LogP) is 5.30. The molecule has 0 unspecified atom stereocenters. The molecule has 0 bridgehead atoms. The zero-order chi connectivity index (χ0) is 24.6. The summed E-state index contributed by atoms with van der Waals surface area (Å²) in [6, 6.07) is 12.0. The van der Waals surface area contributed by atoms with Crippen molar-refractivity contribution in [3.05, 3.63) is 67.5 Å². The van der Waals surface area contributed by atoms with E-state index in [2.05, 4.69) is 42.2 Å². The van der Waals surface area contributed by atoms with E-state index in [1.807, 2.05) is 30.5 Å². The largest absolute Gasteiger partial charge is 0.491 e. The molecule has 6 aromatic rings. The molecular formula is C28H25N7O2. The summed E-state index contributed by atoms with van der Waals surface area (Å²) in [5, 5.41) is 8.68. The molecule has 0 radical (unpaired) electrons. The first-order valence-corrected chi connectivity index (χ1v) is 12.5. The minimum Gasteiger partial charge on any atom is -0.491 e. The summed E-state index contributed by atoms with van der Waals surface area (Å²) in [7, 11) is 0. The lowest BCUT2D eigenvalue weighted by Crippen LogP contribution is -2.25. The number of hydrogen-bond donors (Lipinski definition) is 2. The second kappa shape index (κ2) is 9.18. The van der Waals surface area contributed by atoms with Crippen molar-refractivity contribution in [3.8, 4) is 39.7 Å². The van der Waals surface area contributed by atoms with Gasteiger partial charge in [0.2, 0.25) is 0 Å². The lowest BCUT2D eigenvalue weighted by atomic mass is 10.0. The van der Waals surface area contributed by atoms with Crippen LogP contribution >= 0.6 is 0 Å². The van der Waals surface area contributed by atoms with Crippen molar-refractivity contribution in [2.75, 3.05) is 26.2 Å². The maximum absolute atomic E-state index is 6.02. The number of nitrogens with one attached hydrogen (secondary N) is 2. The van der Waals surface area contributed by atoms with Crippen molar-refractivity contribution in [2.45, 2.75) is 12.8 Å². The summed E-state index contributed by atoms with van der Waals surface area (Å²) in [6.07, 6.45) is 11.3. The van der Waals surface area contributed by atoms with Crippen molar-refractivity contribution in [1.29, 1.82) is 0 Å². The molecule has 5 aromatic heterocycles. The number of rotatable bonds is 7. The van der Waals surface area contributed by atoms with E-state index in [0.717, 1.165) is 62.3 Å². The number of benzene rings is 1. The molecule has 1 aliphatic rings. The molecule has 2 N–H and O–H groups in total. The Balaban J connectivity index is 1.20. The van der Waals surface area contributed by atoms with E-state index in [1.54, 1.807) is 24.9 Å². The van der Waals surface area contributed by atoms with E-state index >= 15 is 0 Å². The molecule has 1 fully saturated rings. The molecule has 7 rings (SSSR count). The fraction of sp³-hybridized carbons (Fsp3) is 0.214. The molecule has 0 spiro atoms. The number of aromatic amines is 2. The zero-order valence-electron chi connectivity index (χ0n) is 20.1. The summed E-state index contributed by atoms with van der Waals surface area (Å²) in [5.74, 6) is 1.45. The molecule has 9 nitrogen and oxygen atoms in total. The van der Waals surface area contributed by atoms with Gasteiger partial charge in [-0.2, -0.15) is 5.10 Å². The quantitative estimate of drug-likeness (QED) is 0.312. The zero-order valence-corrected chi connectivity index (χ0v) is 20.1. The Labute approximate surface area is 212 Å². The van der Waals surface area contributed by atoms with Crippen LogP contribution in [-0.4, -0.2) is 61.3 Å². The Bertz CT molecular complexity index is 1680. The van der Waals surface area contributed by atoms with Crippen molar-refractivity contribution >= 4 is 21.9 Å². The van der Waals surface area contributed by atoms with Crippen LogP contribution in [0.3, 0.4) is 0 Å². The molecule has 0 atom stereocenters. The second-order valence-electron chi connectivity index (χ2n) is 9.29. The normalized spacial score (nSPS) is 14.2. The monoisotopic (exact) mass is 491 g/mol. The van der Waals surface area contributed by atoms with E-state index in [-0.39, 0.29) is 0 Å². The average Bonchev–Trinajstić information content (AvgIpc) is 3.74. The second-order valence-corrected chi connectivity index (χ2v) is 9.29. The van der Waals surface area contributed by atoms with Crippen LogP contribution in [0, 0.1) is 0 Å². The third-order valence-corrected chi connectivity index (χ3v) is 6.90. The first-order chi connectivity index (χ1) is 18.3. The van der Waals surface area contributed by atoms with Gasteiger partial charge in [0.1, 0.15) is 29.3 Å². The van der Waals surface area contributed by atoms with Gasteiger partial charge in [0.15, 0.2) is 5.82 Å². The number of furan rings is 1. The van der Waals surface area contributed by atoms with Crippen LogP contribution in [0.25, 0.3) is 55.8 Å². The Hall–Kier alpha value is -4.50. The van der Waals surface area contributed by atoms with Gasteiger partial charge in [0.25, 0.3) is 0 Å². The lowest BCUT2D eigenvalue weighted by Gasteiger charge is -2.15. The van der Waals surface area contributed by atoms with E-state index in [0.29, 0.717) is 12.4 Å². The Kier molecular flexibility index (Phi) is 5.40. The van der Waals surface area contributed by atoms with Gasteiger partial charge in [-0.3, -0.25) is 20.0 Å². The van der Waals surface area contributed by atoms with E-state index < -0.39 is 0 Å². The molecule has 1 aromatic carbocycles. The van der Waals surface area contributed by atoms with Crippen LogP contribution in [-0.2, 0) is 0 Å². The molecule has 37 heavy (non-hydrogen) atoms. The lowest BCUT2D eigenvalue weighted by molar-refractivity contribution is 0.237. The Morgan fingerprint density at radius 1 is 0.946 bits per heavy atom. The van der Waals surface area contributed by atoms with Gasteiger partial charge >= 0.3 is 0 Å². The number of ether oxygens (including phenoxy) is 1. The highest BCUT2D eigenvalue weighted by Crippen LogP contribution is 2.33. The Morgan fingerprint density at radius 3 is 2.78 bits per heavy atom. The molecule has 184 valence electrons. The number of aromatic nitrogens is 6. The maximum atomic E-state index is 6.02. The number of pyridine rings is 2. The van der Waals surface area contributed by atoms with Crippen LogP contribution in [0.2, 0.25) is 0 Å². The van der Waals surface area contributed by atoms with Crippen LogP contribution in [0.5, 0.6) is 5.75 Å². The highest BCUT2D eigenvalue weighted by Gasteiger charge is 2.17. The number of likely N-dealkylation sites (tertiary alicyclic amines) is 1. The van der Waals surface area contributed by atoms with Crippen LogP contribution in [0.1, 0.15) is 12.8 Å². The van der Waals surface area contributed by atoms with E-state index in [9.17, 15) is 0 Å². The topological polar surface area (TPSA) is 109 Å². The van der Waals surface area contributed by atoms with Crippen molar-refractivity contribution in [3.63, 3.8) is 0 Å². The van der Waals surface area contributed by atoms with Gasteiger partial charge < -0.3 is 14.1 Å².